The zero-order valence-electron chi connectivity index (χ0n) is 16.5. The molecule has 3 aliphatic carbocycles. The average Bonchev–Trinajstić information content (AvgIpc) is 3.39. The Morgan fingerprint density at radius 3 is 2.52 bits per heavy atom. The number of aliphatic hydroxyl groups excluding tert-OH is 1. The number of hydrogen-bond donors (Lipinski definition) is 3. The number of aliphatic hydroxyl groups is 1. The molecule has 2 amide bonds. The van der Waals surface area contributed by atoms with Crippen molar-refractivity contribution in [1.29, 1.82) is 0 Å². The van der Waals surface area contributed by atoms with Crippen LogP contribution < -0.4 is 10.0 Å². The average molecular weight is 415 g/mol. The maximum absolute atomic E-state index is 12.7. The van der Waals surface area contributed by atoms with E-state index in [4.69, 9.17) is 4.42 Å². The highest BCUT2D eigenvalue weighted by molar-refractivity contribution is 7.83. The summed E-state index contributed by atoms with van der Waals surface area (Å²) in [6.45, 7) is 2.05. The van der Waals surface area contributed by atoms with Gasteiger partial charge in [0, 0.05) is 23.7 Å². The minimum atomic E-state index is -1.81. The number of benzene rings is 1. The highest BCUT2D eigenvalue weighted by atomic mass is 32.2. The second kappa shape index (κ2) is 7.29. The van der Waals surface area contributed by atoms with Gasteiger partial charge in [0.2, 0.25) is 5.09 Å². The molecular formula is C22H26N2O4S. The van der Waals surface area contributed by atoms with Gasteiger partial charge in [-0.05, 0) is 73.1 Å². The molecule has 0 radical (unpaired) electrons. The summed E-state index contributed by atoms with van der Waals surface area (Å²) in [5.41, 5.74) is 6.75. The Hall–Kier alpha value is -2.12. The fraction of sp³-hybridized carbons (Fsp3) is 0.500. The van der Waals surface area contributed by atoms with Crippen molar-refractivity contribution < 1.29 is 18.5 Å². The molecular weight excluding hydrogens is 388 g/mol. The number of aryl methyl sites for hydroxylation is 2. The number of furan rings is 1. The van der Waals surface area contributed by atoms with Gasteiger partial charge in [-0.3, -0.25) is 0 Å². The molecule has 1 aromatic carbocycles. The lowest BCUT2D eigenvalue weighted by Gasteiger charge is -2.21. The molecule has 1 heterocycles. The quantitative estimate of drug-likeness (QED) is 0.714. The molecule has 0 saturated carbocycles. The van der Waals surface area contributed by atoms with Crippen LogP contribution in [0.25, 0.3) is 0 Å². The Morgan fingerprint density at radius 2 is 1.83 bits per heavy atom. The second-order valence-electron chi connectivity index (χ2n) is 8.56. The Morgan fingerprint density at radius 1 is 1.14 bits per heavy atom. The van der Waals surface area contributed by atoms with Gasteiger partial charge in [0.1, 0.15) is 5.76 Å². The van der Waals surface area contributed by atoms with Crippen LogP contribution in [0.4, 0.5) is 10.5 Å². The number of carbonyl (C=O) groups is 1. The van der Waals surface area contributed by atoms with E-state index in [1.165, 1.54) is 22.3 Å². The minimum Gasteiger partial charge on any atom is -0.450 e. The lowest BCUT2D eigenvalue weighted by atomic mass is 9.88. The van der Waals surface area contributed by atoms with E-state index in [1.54, 1.807) is 6.07 Å². The van der Waals surface area contributed by atoms with E-state index in [0.717, 1.165) is 44.2 Å². The van der Waals surface area contributed by atoms with Crippen molar-refractivity contribution in [2.45, 2.75) is 69.5 Å². The first-order valence-corrected chi connectivity index (χ1v) is 11.6. The Bertz CT molecular complexity index is 980. The van der Waals surface area contributed by atoms with E-state index in [9.17, 15) is 14.1 Å². The summed E-state index contributed by atoms with van der Waals surface area (Å²) >= 11 is 0. The van der Waals surface area contributed by atoms with Gasteiger partial charge in [-0.2, -0.15) is 0 Å². The molecule has 1 aromatic heterocycles. The number of fused-ring (bicyclic) bond motifs is 3. The molecule has 0 spiro atoms. The predicted molar refractivity (Wildman–Crippen MR) is 110 cm³/mol. The fourth-order valence-electron chi connectivity index (χ4n) is 5.10. The monoisotopic (exact) mass is 414 g/mol. The van der Waals surface area contributed by atoms with Crippen molar-refractivity contribution in [3.8, 4) is 0 Å². The summed E-state index contributed by atoms with van der Waals surface area (Å²) < 4.78 is 20.9. The highest BCUT2D eigenvalue weighted by Gasteiger charge is 2.29. The molecule has 7 heteroatoms. The fourth-order valence-corrected chi connectivity index (χ4v) is 5.83. The first kappa shape index (κ1) is 18.9. The number of rotatable bonds is 3. The van der Waals surface area contributed by atoms with E-state index in [0.29, 0.717) is 30.1 Å². The van der Waals surface area contributed by atoms with Gasteiger partial charge in [0.05, 0.1) is 6.10 Å². The Kier molecular flexibility index (Phi) is 4.75. The first-order valence-electron chi connectivity index (χ1n) is 10.5. The van der Waals surface area contributed by atoms with Crippen LogP contribution in [0.1, 0.15) is 65.9 Å². The van der Waals surface area contributed by atoms with E-state index < -0.39 is 23.1 Å². The van der Waals surface area contributed by atoms with Crippen LogP contribution in [0, 0.1) is 5.92 Å². The molecule has 3 unspecified atom stereocenters. The summed E-state index contributed by atoms with van der Waals surface area (Å²) in [5.74, 6) is 0.976. The van der Waals surface area contributed by atoms with Gasteiger partial charge in [-0.15, -0.1) is 0 Å². The van der Waals surface area contributed by atoms with Crippen molar-refractivity contribution in [3.63, 3.8) is 0 Å². The standard InChI is InChI=1S/C22H26N2O4S/c1-12-8-18(25)17-11-20(28-19(17)9-12)29(27)24-22(26)23-21-15-6-2-4-13(15)10-14-5-3-7-16(14)21/h10-12,18,25H,2-9H2,1H3,(H2,23,24,26). The normalized spacial score (nSPS) is 23.2. The van der Waals surface area contributed by atoms with Crippen molar-refractivity contribution in [1.82, 2.24) is 4.72 Å². The number of nitrogens with one attached hydrogen (secondary N) is 2. The minimum absolute atomic E-state index is 0.182. The number of hydrogen-bond acceptors (Lipinski definition) is 4. The Labute approximate surface area is 172 Å². The molecule has 3 N–H and O–H groups in total. The predicted octanol–water partition coefficient (Wildman–Crippen LogP) is 3.72. The molecule has 154 valence electrons. The summed E-state index contributed by atoms with van der Waals surface area (Å²) in [6.07, 6.45) is 7.05. The van der Waals surface area contributed by atoms with Gasteiger partial charge in [0.25, 0.3) is 0 Å². The number of urea groups is 1. The van der Waals surface area contributed by atoms with Crippen molar-refractivity contribution in [2.75, 3.05) is 5.32 Å². The maximum atomic E-state index is 12.7. The van der Waals surface area contributed by atoms with Gasteiger partial charge in [0.15, 0.2) is 11.0 Å². The number of carbonyl (C=O) groups excluding carboxylic acids is 1. The molecule has 0 aliphatic heterocycles. The van der Waals surface area contributed by atoms with Gasteiger partial charge in [-0.25, -0.2) is 13.7 Å². The lowest BCUT2D eigenvalue weighted by molar-refractivity contribution is 0.131. The molecule has 3 aliphatic rings. The zero-order chi connectivity index (χ0) is 20.1. The molecule has 0 fully saturated rings. The topological polar surface area (TPSA) is 91.6 Å². The van der Waals surface area contributed by atoms with Crippen molar-refractivity contribution >= 4 is 22.7 Å². The van der Waals surface area contributed by atoms with E-state index in [2.05, 4.69) is 16.1 Å². The molecule has 3 atom stereocenters. The molecule has 29 heavy (non-hydrogen) atoms. The number of anilines is 1. The van der Waals surface area contributed by atoms with Gasteiger partial charge in [-0.1, -0.05) is 13.0 Å². The summed E-state index contributed by atoms with van der Waals surface area (Å²) in [4.78, 5) is 12.6. The third-order valence-corrected chi connectivity index (χ3v) is 7.35. The first-order chi connectivity index (χ1) is 14.0. The van der Waals surface area contributed by atoms with Gasteiger partial charge < -0.3 is 14.8 Å². The molecule has 0 saturated heterocycles. The third kappa shape index (κ3) is 3.40. The zero-order valence-corrected chi connectivity index (χ0v) is 17.4. The van der Waals surface area contributed by atoms with Crippen LogP contribution in [0.2, 0.25) is 0 Å². The van der Waals surface area contributed by atoms with Gasteiger partial charge >= 0.3 is 6.03 Å². The smallest absolute Gasteiger partial charge is 0.331 e. The van der Waals surface area contributed by atoms with Crippen LogP contribution in [-0.2, 0) is 43.1 Å². The summed E-state index contributed by atoms with van der Waals surface area (Å²) in [6, 6.07) is 3.44. The maximum Gasteiger partial charge on any atom is 0.331 e. The van der Waals surface area contributed by atoms with E-state index >= 15 is 0 Å². The largest absolute Gasteiger partial charge is 0.450 e. The SMILES string of the molecule is CC1Cc2oc(S(=O)NC(=O)Nc3c4c(cc5c3CCC5)CCC4)cc2C(O)C1. The third-order valence-electron chi connectivity index (χ3n) is 6.42. The van der Waals surface area contributed by atoms with Crippen molar-refractivity contribution in [3.05, 3.63) is 45.7 Å². The molecule has 0 bridgehead atoms. The van der Waals surface area contributed by atoms with Crippen LogP contribution in [0.5, 0.6) is 0 Å². The summed E-state index contributed by atoms with van der Waals surface area (Å²) in [7, 11) is -1.81. The summed E-state index contributed by atoms with van der Waals surface area (Å²) in [5, 5.41) is 13.4. The molecule has 2 aromatic rings. The van der Waals surface area contributed by atoms with Crippen LogP contribution >= 0.6 is 0 Å². The number of amides is 2. The highest BCUT2D eigenvalue weighted by Crippen LogP contribution is 2.39. The molecule has 5 rings (SSSR count). The lowest BCUT2D eigenvalue weighted by Crippen LogP contribution is -2.31. The van der Waals surface area contributed by atoms with Crippen LogP contribution in [-0.4, -0.2) is 15.3 Å². The molecule has 6 nitrogen and oxygen atoms in total. The van der Waals surface area contributed by atoms with E-state index in [1.807, 2.05) is 6.92 Å². The van der Waals surface area contributed by atoms with Crippen LogP contribution in [0.3, 0.4) is 0 Å². The second-order valence-corrected chi connectivity index (χ2v) is 9.71. The van der Waals surface area contributed by atoms with Crippen molar-refractivity contribution in [2.24, 2.45) is 5.92 Å². The van der Waals surface area contributed by atoms with Crippen LogP contribution in [0.15, 0.2) is 21.6 Å². The Balaban J connectivity index is 1.34. The van der Waals surface area contributed by atoms with E-state index in [-0.39, 0.29) is 5.09 Å².